The first-order valence-corrected chi connectivity index (χ1v) is 7.93. The molecule has 1 amide bonds. The van der Waals surface area contributed by atoms with E-state index in [9.17, 15) is 18.0 Å². The van der Waals surface area contributed by atoms with Crippen LogP contribution in [0.3, 0.4) is 0 Å². The van der Waals surface area contributed by atoms with Crippen molar-refractivity contribution in [3.05, 3.63) is 64.7 Å². The van der Waals surface area contributed by atoms with Gasteiger partial charge in [0.15, 0.2) is 0 Å². The van der Waals surface area contributed by atoms with E-state index in [4.69, 9.17) is 11.6 Å². The number of carbonyl (C=O) groups excluding carboxylic acids is 1. The van der Waals surface area contributed by atoms with Gasteiger partial charge in [-0.25, -0.2) is 0 Å². The highest BCUT2D eigenvalue weighted by Crippen LogP contribution is 2.36. The van der Waals surface area contributed by atoms with Gasteiger partial charge in [-0.1, -0.05) is 55.3 Å². The molecule has 0 unspecified atom stereocenters. The van der Waals surface area contributed by atoms with E-state index in [2.05, 4.69) is 5.32 Å². The summed E-state index contributed by atoms with van der Waals surface area (Å²) in [5.41, 5.74) is -0.0515. The topological polar surface area (TPSA) is 29.1 Å². The number of anilines is 1. The van der Waals surface area contributed by atoms with Crippen molar-refractivity contribution in [1.82, 2.24) is 0 Å². The SMILES string of the molecule is CCC[C@H](C(=O)Nc1ccc(Cl)c(C(F)(F)F)c1)c1ccccc1. The Bertz CT molecular complexity index is 701. The molecule has 0 aliphatic carbocycles. The van der Waals surface area contributed by atoms with E-state index in [0.717, 1.165) is 24.1 Å². The zero-order chi connectivity index (χ0) is 17.7. The summed E-state index contributed by atoms with van der Waals surface area (Å²) in [5.74, 6) is -0.750. The number of hydrogen-bond acceptors (Lipinski definition) is 1. The van der Waals surface area contributed by atoms with Gasteiger partial charge in [0.05, 0.1) is 16.5 Å². The first-order valence-electron chi connectivity index (χ1n) is 7.55. The van der Waals surface area contributed by atoms with Crippen LogP contribution in [0.5, 0.6) is 0 Å². The van der Waals surface area contributed by atoms with Gasteiger partial charge in [0, 0.05) is 5.69 Å². The molecule has 1 atom stereocenters. The van der Waals surface area contributed by atoms with E-state index >= 15 is 0 Å². The van der Waals surface area contributed by atoms with Gasteiger partial charge in [0.1, 0.15) is 0 Å². The Labute approximate surface area is 143 Å². The van der Waals surface area contributed by atoms with E-state index in [1.165, 1.54) is 6.07 Å². The molecular formula is C18H17ClF3NO. The van der Waals surface area contributed by atoms with Crippen LogP contribution in [0.1, 0.15) is 36.8 Å². The predicted octanol–water partition coefficient (Wildman–Crippen LogP) is 5.88. The molecule has 2 aromatic carbocycles. The summed E-state index contributed by atoms with van der Waals surface area (Å²) >= 11 is 5.59. The van der Waals surface area contributed by atoms with Crippen LogP contribution in [0.15, 0.2) is 48.5 Å². The summed E-state index contributed by atoms with van der Waals surface area (Å²) in [6.07, 6.45) is -3.18. The lowest BCUT2D eigenvalue weighted by Crippen LogP contribution is -2.21. The number of amides is 1. The van der Waals surface area contributed by atoms with Gasteiger partial charge in [-0.15, -0.1) is 0 Å². The second kappa shape index (κ2) is 7.71. The third kappa shape index (κ3) is 4.51. The minimum atomic E-state index is -4.57. The molecule has 2 aromatic rings. The van der Waals surface area contributed by atoms with Crippen LogP contribution in [-0.4, -0.2) is 5.91 Å². The largest absolute Gasteiger partial charge is 0.417 e. The van der Waals surface area contributed by atoms with Crippen molar-refractivity contribution < 1.29 is 18.0 Å². The summed E-state index contributed by atoms with van der Waals surface area (Å²) < 4.78 is 38.7. The number of nitrogens with one attached hydrogen (secondary N) is 1. The van der Waals surface area contributed by atoms with Crippen LogP contribution < -0.4 is 5.32 Å². The van der Waals surface area contributed by atoms with Crippen molar-refractivity contribution in [3.63, 3.8) is 0 Å². The molecule has 0 heterocycles. The zero-order valence-electron chi connectivity index (χ0n) is 13.0. The second-order valence-electron chi connectivity index (χ2n) is 5.43. The summed E-state index contributed by atoms with van der Waals surface area (Å²) in [4.78, 5) is 12.5. The molecule has 0 aliphatic heterocycles. The highest BCUT2D eigenvalue weighted by atomic mass is 35.5. The second-order valence-corrected chi connectivity index (χ2v) is 5.84. The van der Waals surface area contributed by atoms with Gasteiger partial charge in [0.2, 0.25) is 5.91 Å². The van der Waals surface area contributed by atoms with Crippen LogP contribution in [0.2, 0.25) is 5.02 Å². The maximum atomic E-state index is 12.9. The number of rotatable bonds is 5. The third-order valence-corrected chi connectivity index (χ3v) is 3.96. The third-order valence-electron chi connectivity index (χ3n) is 3.64. The highest BCUT2D eigenvalue weighted by molar-refractivity contribution is 6.31. The average Bonchev–Trinajstić information content (AvgIpc) is 2.54. The molecule has 0 aromatic heterocycles. The molecule has 24 heavy (non-hydrogen) atoms. The molecule has 0 radical (unpaired) electrons. The summed E-state index contributed by atoms with van der Waals surface area (Å²) in [6, 6.07) is 12.5. The fourth-order valence-electron chi connectivity index (χ4n) is 2.47. The molecular weight excluding hydrogens is 339 g/mol. The van der Waals surface area contributed by atoms with Gasteiger partial charge in [-0.05, 0) is 30.2 Å². The van der Waals surface area contributed by atoms with Crippen LogP contribution in [0.25, 0.3) is 0 Å². The summed E-state index contributed by atoms with van der Waals surface area (Å²) in [6.45, 7) is 1.95. The van der Waals surface area contributed by atoms with Crippen molar-refractivity contribution in [2.75, 3.05) is 5.32 Å². The Hall–Kier alpha value is -2.01. The Balaban J connectivity index is 2.24. The number of benzene rings is 2. The molecule has 0 saturated heterocycles. The molecule has 128 valence electrons. The molecule has 0 bridgehead atoms. The molecule has 0 fully saturated rings. The Morgan fingerprint density at radius 2 is 1.83 bits per heavy atom. The summed E-state index contributed by atoms with van der Waals surface area (Å²) in [5, 5.41) is 2.17. The van der Waals surface area contributed by atoms with Crippen molar-refractivity contribution in [3.8, 4) is 0 Å². The van der Waals surface area contributed by atoms with Crippen molar-refractivity contribution in [1.29, 1.82) is 0 Å². The molecule has 0 aliphatic rings. The molecule has 0 spiro atoms. The van der Waals surface area contributed by atoms with Crippen LogP contribution in [-0.2, 0) is 11.0 Å². The summed E-state index contributed by atoms with van der Waals surface area (Å²) in [7, 11) is 0. The Morgan fingerprint density at radius 1 is 1.17 bits per heavy atom. The van der Waals surface area contributed by atoms with Crippen molar-refractivity contribution in [2.24, 2.45) is 0 Å². The van der Waals surface area contributed by atoms with Gasteiger partial charge >= 0.3 is 6.18 Å². The fraction of sp³-hybridized carbons (Fsp3) is 0.278. The highest BCUT2D eigenvalue weighted by Gasteiger charge is 2.33. The van der Waals surface area contributed by atoms with E-state index < -0.39 is 22.7 Å². The van der Waals surface area contributed by atoms with Crippen LogP contribution in [0, 0.1) is 0 Å². The number of hydrogen-bond donors (Lipinski definition) is 1. The molecule has 6 heteroatoms. The lowest BCUT2D eigenvalue weighted by molar-refractivity contribution is -0.137. The molecule has 2 nitrogen and oxygen atoms in total. The first-order chi connectivity index (χ1) is 11.3. The average molecular weight is 356 g/mol. The lowest BCUT2D eigenvalue weighted by atomic mass is 9.93. The normalized spacial score (nSPS) is 12.7. The van der Waals surface area contributed by atoms with Crippen molar-refractivity contribution >= 4 is 23.2 Å². The van der Waals surface area contributed by atoms with Gasteiger partial charge in [-0.3, -0.25) is 4.79 Å². The molecule has 1 N–H and O–H groups in total. The standard InChI is InChI=1S/C18H17ClF3NO/c1-2-6-14(12-7-4-3-5-8-12)17(24)23-13-9-10-16(19)15(11-13)18(20,21)22/h3-5,7-11,14H,2,6H2,1H3,(H,23,24)/t14-/m0/s1. The maximum Gasteiger partial charge on any atom is 0.417 e. The van der Waals surface area contributed by atoms with Crippen LogP contribution >= 0.6 is 11.6 Å². The van der Waals surface area contributed by atoms with Gasteiger partial charge in [-0.2, -0.15) is 13.2 Å². The number of carbonyl (C=O) groups is 1. The Morgan fingerprint density at radius 3 is 2.42 bits per heavy atom. The van der Waals surface area contributed by atoms with Crippen LogP contribution in [0.4, 0.5) is 18.9 Å². The lowest BCUT2D eigenvalue weighted by Gasteiger charge is -2.17. The number of alkyl halides is 3. The van der Waals surface area contributed by atoms with Gasteiger partial charge in [0.25, 0.3) is 0 Å². The fourth-order valence-corrected chi connectivity index (χ4v) is 2.70. The Kier molecular flexibility index (Phi) is 5.89. The smallest absolute Gasteiger partial charge is 0.326 e. The maximum absolute atomic E-state index is 12.9. The minimum Gasteiger partial charge on any atom is -0.326 e. The number of halogens is 4. The van der Waals surface area contributed by atoms with E-state index in [0.29, 0.717) is 6.42 Å². The molecule has 2 rings (SSSR count). The first kappa shape index (κ1) is 18.3. The zero-order valence-corrected chi connectivity index (χ0v) is 13.8. The predicted molar refractivity (Wildman–Crippen MR) is 89.2 cm³/mol. The monoisotopic (exact) mass is 355 g/mol. The quantitative estimate of drug-likeness (QED) is 0.712. The molecule has 0 saturated carbocycles. The van der Waals surface area contributed by atoms with Gasteiger partial charge < -0.3 is 5.32 Å². The van der Waals surface area contributed by atoms with E-state index in [1.54, 1.807) is 0 Å². The minimum absolute atomic E-state index is 0.0776. The van der Waals surface area contributed by atoms with E-state index in [-0.39, 0.29) is 11.6 Å². The van der Waals surface area contributed by atoms with Crippen molar-refractivity contribution in [2.45, 2.75) is 31.9 Å². The van der Waals surface area contributed by atoms with E-state index in [1.807, 2.05) is 37.3 Å².